The number of rotatable bonds is 5. The molecule has 2 atom stereocenters. The van der Waals surface area contributed by atoms with Crippen LogP contribution in [-0.4, -0.2) is 23.2 Å². The van der Waals surface area contributed by atoms with Gasteiger partial charge in [0, 0.05) is 11.4 Å². The molecule has 1 fully saturated rings. The minimum absolute atomic E-state index is 0.495. The van der Waals surface area contributed by atoms with Crippen LogP contribution in [0.5, 0.6) is 0 Å². The molecule has 0 aromatic heterocycles. The predicted molar refractivity (Wildman–Crippen MR) is 101 cm³/mol. The van der Waals surface area contributed by atoms with Crippen molar-refractivity contribution < 1.29 is 9.90 Å². The molecule has 0 radical (unpaired) electrons. The van der Waals surface area contributed by atoms with Crippen molar-refractivity contribution in [1.29, 1.82) is 0 Å². The molecule has 1 unspecified atom stereocenters. The van der Waals surface area contributed by atoms with Gasteiger partial charge in [0.2, 0.25) is 0 Å². The van der Waals surface area contributed by atoms with E-state index in [1.54, 1.807) is 6.07 Å². The first kappa shape index (κ1) is 17.9. The Morgan fingerprint density at radius 2 is 1.80 bits per heavy atom. The molecule has 0 heterocycles. The standard InChI is InChI=1S/C20H27N3O2/c21-17(13-14-7-2-1-3-8-14)19(24)20(25)23(22)18-12-6-10-15-9-4-5-11-16(15)18/h4-6,9-12,14,17,19,24H,1-3,7-8,13,21-22H2/t17-,19?/m1/s1. The molecule has 0 spiro atoms. The second-order valence-corrected chi connectivity index (χ2v) is 7.05. The van der Waals surface area contributed by atoms with Crippen LogP contribution in [0.2, 0.25) is 0 Å². The summed E-state index contributed by atoms with van der Waals surface area (Å²) in [6.45, 7) is 0. The van der Waals surface area contributed by atoms with Crippen LogP contribution in [0.1, 0.15) is 38.5 Å². The summed E-state index contributed by atoms with van der Waals surface area (Å²) in [6, 6.07) is 12.7. The smallest absolute Gasteiger partial charge is 0.271 e. The van der Waals surface area contributed by atoms with E-state index in [4.69, 9.17) is 11.6 Å². The number of hydrogen-bond acceptors (Lipinski definition) is 4. The van der Waals surface area contributed by atoms with Crippen molar-refractivity contribution in [2.45, 2.75) is 50.7 Å². The summed E-state index contributed by atoms with van der Waals surface area (Å²) >= 11 is 0. The number of nitrogens with zero attached hydrogens (tertiary/aromatic N) is 1. The van der Waals surface area contributed by atoms with E-state index in [0.29, 0.717) is 18.0 Å². The molecule has 0 aliphatic heterocycles. The van der Waals surface area contributed by atoms with Gasteiger partial charge in [-0.05, 0) is 23.8 Å². The quantitative estimate of drug-likeness (QED) is 0.443. The van der Waals surface area contributed by atoms with Crippen molar-refractivity contribution in [3.05, 3.63) is 42.5 Å². The van der Waals surface area contributed by atoms with Gasteiger partial charge in [-0.2, -0.15) is 0 Å². The van der Waals surface area contributed by atoms with Gasteiger partial charge in [-0.15, -0.1) is 0 Å². The summed E-state index contributed by atoms with van der Waals surface area (Å²) in [5, 5.41) is 13.3. The average Bonchev–Trinajstić information content (AvgIpc) is 2.66. The second kappa shape index (κ2) is 7.95. The van der Waals surface area contributed by atoms with Crippen LogP contribution in [0.25, 0.3) is 10.8 Å². The Kier molecular flexibility index (Phi) is 5.68. The third kappa shape index (κ3) is 4.00. The number of hydrogen-bond donors (Lipinski definition) is 3. The molecule has 1 saturated carbocycles. The highest BCUT2D eigenvalue weighted by Gasteiger charge is 2.30. The van der Waals surface area contributed by atoms with Crippen molar-refractivity contribution in [2.75, 3.05) is 5.01 Å². The summed E-state index contributed by atoms with van der Waals surface area (Å²) in [6.07, 6.45) is 5.32. The normalized spacial score (nSPS) is 18.0. The Morgan fingerprint density at radius 1 is 1.12 bits per heavy atom. The van der Waals surface area contributed by atoms with E-state index in [-0.39, 0.29) is 0 Å². The van der Waals surface area contributed by atoms with Gasteiger partial charge in [0.05, 0.1) is 5.69 Å². The third-order valence-electron chi connectivity index (χ3n) is 5.25. The topological polar surface area (TPSA) is 92.6 Å². The van der Waals surface area contributed by atoms with Crippen molar-refractivity contribution in [3.8, 4) is 0 Å². The largest absolute Gasteiger partial charge is 0.382 e. The van der Waals surface area contributed by atoms with Gasteiger partial charge in [-0.1, -0.05) is 68.5 Å². The van der Waals surface area contributed by atoms with E-state index in [1.165, 1.54) is 19.3 Å². The van der Waals surface area contributed by atoms with Crippen molar-refractivity contribution >= 4 is 22.4 Å². The van der Waals surface area contributed by atoms with Crippen LogP contribution in [0, 0.1) is 5.92 Å². The van der Waals surface area contributed by atoms with Crippen LogP contribution in [0.4, 0.5) is 5.69 Å². The lowest BCUT2D eigenvalue weighted by atomic mass is 9.84. The molecule has 5 N–H and O–H groups in total. The SMILES string of the molecule is N[C@H](CC1CCCCC1)C(O)C(=O)N(N)c1cccc2ccccc12. The Labute approximate surface area is 148 Å². The van der Waals surface area contributed by atoms with Crippen molar-refractivity contribution in [1.82, 2.24) is 0 Å². The first-order valence-corrected chi connectivity index (χ1v) is 9.08. The van der Waals surface area contributed by atoms with Gasteiger partial charge >= 0.3 is 0 Å². The van der Waals surface area contributed by atoms with Crippen LogP contribution in [-0.2, 0) is 4.79 Å². The summed E-state index contributed by atoms with van der Waals surface area (Å²) in [4.78, 5) is 12.6. The van der Waals surface area contributed by atoms with Gasteiger partial charge in [-0.25, -0.2) is 10.9 Å². The van der Waals surface area contributed by atoms with E-state index in [0.717, 1.165) is 28.6 Å². The van der Waals surface area contributed by atoms with E-state index in [9.17, 15) is 9.90 Å². The van der Waals surface area contributed by atoms with Crippen molar-refractivity contribution in [3.63, 3.8) is 0 Å². The van der Waals surface area contributed by atoms with Gasteiger partial charge in [0.1, 0.15) is 6.10 Å². The predicted octanol–water partition coefficient (Wildman–Crippen LogP) is 2.71. The average molecular weight is 341 g/mol. The highest BCUT2D eigenvalue weighted by molar-refractivity contribution is 6.04. The first-order valence-electron chi connectivity index (χ1n) is 9.08. The molecule has 0 bridgehead atoms. The van der Waals surface area contributed by atoms with Gasteiger partial charge < -0.3 is 10.8 Å². The maximum absolute atomic E-state index is 12.6. The number of aliphatic hydroxyl groups is 1. The van der Waals surface area contributed by atoms with E-state index in [1.807, 2.05) is 36.4 Å². The number of nitrogens with two attached hydrogens (primary N) is 2. The molecular weight excluding hydrogens is 314 g/mol. The minimum atomic E-state index is -1.29. The fraction of sp³-hybridized carbons (Fsp3) is 0.450. The number of carbonyl (C=O) groups is 1. The Balaban J connectivity index is 1.72. The van der Waals surface area contributed by atoms with Gasteiger partial charge in [0.25, 0.3) is 5.91 Å². The summed E-state index contributed by atoms with van der Waals surface area (Å²) < 4.78 is 0. The number of anilines is 1. The lowest BCUT2D eigenvalue weighted by Gasteiger charge is -2.28. The van der Waals surface area contributed by atoms with Crippen molar-refractivity contribution in [2.24, 2.45) is 17.5 Å². The van der Waals surface area contributed by atoms with Crippen LogP contribution in [0.3, 0.4) is 0 Å². The maximum Gasteiger partial charge on any atom is 0.271 e. The maximum atomic E-state index is 12.6. The van der Waals surface area contributed by atoms with E-state index >= 15 is 0 Å². The monoisotopic (exact) mass is 341 g/mol. The first-order chi connectivity index (χ1) is 12.1. The Morgan fingerprint density at radius 3 is 2.56 bits per heavy atom. The molecule has 5 nitrogen and oxygen atoms in total. The lowest BCUT2D eigenvalue weighted by molar-refractivity contribution is -0.127. The number of hydrazine groups is 1. The van der Waals surface area contributed by atoms with Crippen LogP contribution >= 0.6 is 0 Å². The molecule has 2 aromatic rings. The number of aliphatic hydroxyl groups excluding tert-OH is 1. The zero-order chi connectivity index (χ0) is 17.8. The summed E-state index contributed by atoms with van der Waals surface area (Å²) in [5.41, 5.74) is 6.70. The fourth-order valence-corrected chi connectivity index (χ4v) is 3.80. The number of benzene rings is 2. The highest BCUT2D eigenvalue weighted by atomic mass is 16.3. The van der Waals surface area contributed by atoms with Gasteiger partial charge in [0.15, 0.2) is 0 Å². The Hall–Kier alpha value is -1.95. The molecule has 25 heavy (non-hydrogen) atoms. The zero-order valence-electron chi connectivity index (χ0n) is 14.5. The number of carbonyl (C=O) groups excluding carboxylic acids is 1. The molecule has 1 amide bonds. The zero-order valence-corrected chi connectivity index (χ0v) is 14.5. The van der Waals surface area contributed by atoms with Crippen LogP contribution in [0.15, 0.2) is 42.5 Å². The van der Waals surface area contributed by atoms with Crippen LogP contribution < -0.4 is 16.6 Å². The molecule has 2 aromatic carbocycles. The number of fused-ring (bicyclic) bond motifs is 1. The number of amides is 1. The highest BCUT2D eigenvalue weighted by Crippen LogP contribution is 2.29. The Bertz CT molecular complexity index is 722. The van der Waals surface area contributed by atoms with Gasteiger partial charge in [-0.3, -0.25) is 4.79 Å². The molecule has 3 rings (SSSR count). The fourth-order valence-electron chi connectivity index (χ4n) is 3.80. The van der Waals surface area contributed by atoms with E-state index in [2.05, 4.69) is 0 Å². The molecule has 134 valence electrons. The summed E-state index contributed by atoms with van der Waals surface area (Å²) in [5.74, 6) is 5.98. The molecule has 0 saturated heterocycles. The minimum Gasteiger partial charge on any atom is -0.382 e. The molecule has 1 aliphatic rings. The molecule has 1 aliphatic carbocycles. The third-order valence-corrected chi connectivity index (χ3v) is 5.25. The summed E-state index contributed by atoms with van der Waals surface area (Å²) in [7, 11) is 0. The lowest BCUT2D eigenvalue weighted by Crippen LogP contribution is -2.51. The molecule has 5 heteroatoms. The van der Waals surface area contributed by atoms with E-state index < -0.39 is 18.1 Å². The second-order valence-electron chi connectivity index (χ2n) is 7.05. The molecular formula is C20H27N3O2.